The van der Waals surface area contributed by atoms with Crippen LogP contribution in [0.2, 0.25) is 0 Å². The van der Waals surface area contributed by atoms with E-state index in [0.29, 0.717) is 0 Å². The second-order valence-electron chi connectivity index (χ2n) is 2.84. The van der Waals surface area contributed by atoms with Crippen molar-refractivity contribution >= 4 is 11.9 Å². The Hall–Kier alpha value is -0.452. The molecule has 0 aromatic rings. The summed E-state index contributed by atoms with van der Waals surface area (Å²) in [5.74, 6) is -3.65. The van der Waals surface area contributed by atoms with Crippen LogP contribution in [0.5, 0.6) is 0 Å². The van der Waals surface area contributed by atoms with Gasteiger partial charge in [-0.15, -0.1) is 0 Å². The van der Waals surface area contributed by atoms with E-state index in [-0.39, 0.29) is 0 Å². The maximum absolute atomic E-state index is 9.10. The fraction of sp³-hybridized carbons (Fsp3) is 0.750. The molecule has 0 heterocycles. The number of hydrogen-bond donors (Lipinski definition) is 4. The number of hydrogen-bond acceptors (Lipinski definition) is 4. The van der Waals surface area contributed by atoms with Crippen molar-refractivity contribution in [3.8, 4) is 0 Å². The molecule has 0 amide bonds. The van der Waals surface area contributed by atoms with Crippen LogP contribution < -0.4 is 8.58 Å². The fourth-order valence-electron chi connectivity index (χ4n) is 1.06. The zero-order valence-corrected chi connectivity index (χ0v) is 10.7. The van der Waals surface area contributed by atoms with Gasteiger partial charge in [0.25, 0.3) is 0 Å². The second-order valence-corrected chi connectivity index (χ2v) is 3.59. The Morgan fingerprint density at radius 2 is 0.933 bits per heavy atom. The van der Waals surface area contributed by atoms with Gasteiger partial charge in [-0.05, 0) is 0 Å². The van der Waals surface area contributed by atoms with Crippen molar-refractivity contribution in [2.24, 2.45) is 8.58 Å². The molecule has 94 valence electrons. The van der Waals surface area contributed by atoms with Crippen LogP contribution in [0.3, 0.4) is 0 Å². The molecular weight excluding hydrogens is 383 g/mol. The third kappa shape index (κ3) is 19.8. The van der Waals surface area contributed by atoms with Crippen LogP contribution in [0.1, 0.15) is 38.5 Å². The number of carboxylic acid groups (broad SMARTS) is 2. The first-order chi connectivity index (χ1) is 7.06. The van der Waals surface area contributed by atoms with Gasteiger partial charge in [-0.25, -0.2) is 9.59 Å². The minimum absolute atomic E-state index is 0.417. The Morgan fingerprint density at radius 1 is 0.800 bits per heavy atom. The van der Waals surface area contributed by atoms with Crippen LogP contribution in [-0.4, -0.2) is 22.2 Å². The molecule has 0 aromatic heterocycles. The molecule has 0 spiro atoms. The first-order valence-electron chi connectivity index (χ1n) is 4.47. The van der Waals surface area contributed by atoms with Crippen LogP contribution in [0.15, 0.2) is 0 Å². The zero-order valence-electron chi connectivity index (χ0n) is 8.42. The van der Waals surface area contributed by atoms with Gasteiger partial charge in [0.15, 0.2) is 0 Å². The van der Waals surface area contributed by atoms with E-state index < -0.39 is 31.0 Å². The van der Waals surface area contributed by atoms with E-state index in [0.717, 1.165) is 0 Å². The Morgan fingerprint density at radius 3 is 1.00 bits per heavy atom. The molecular formula is C8H18N2O4Pt. The summed E-state index contributed by atoms with van der Waals surface area (Å²) >= 11 is -0.417. The average molecular weight is 401 g/mol. The van der Waals surface area contributed by atoms with E-state index in [2.05, 4.69) is 0 Å². The summed E-state index contributed by atoms with van der Waals surface area (Å²) in [6.07, 6.45) is 9.00. The van der Waals surface area contributed by atoms with Crippen molar-refractivity contribution in [1.82, 2.24) is 0 Å². The van der Waals surface area contributed by atoms with Crippen molar-refractivity contribution in [3.63, 3.8) is 0 Å². The van der Waals surface area contributed by atoms with Gasteiger partial charge in [0, 0.05) is 0 Å². The predicted molar refractivity (Wildman–Crippen MR) is 51.3 cm³/mol. The Kier molecular flexibility index (Phi) is 15.3. The Bertz CT molecular complexity index is 151. The topological polar surface area (TPSA) is 127 Å². The quantitative estimate of drug-likeness (QED) is 0.433. The predicted octanol–water partition coefficient (Wildman–Crippen LogP) is 0.313. The van der Waals surface area contributed by atoms with Gasteiger partial charge < -0.3 is 10.2 Å². The second kappa shape index (κ2) is 13.5. The van der Waals surface area contributed by atoms with Gasteiger partial charge in [-0.1, -0.05) is 38.5 Å². The first kappa shape index (κ1) is 17.0. The van der Waals surface area contributed by atoms with Crippen LogP contribution in [0, 0.1) is 0 Å². The van der Waals surface area contributed by atoms with Crippen molar-refractivity contribution < 1.29 is 38.9 Å². The van der Waals surface area contributed by atoms with Crippen LogP contribution in [-0.2, 0) is 28.7 Å². The molecule has 0 radical (unpaired) electrons. The normalized spacial score (nSPS) is 14.0. The number of carbonyl (C=O) groups is 2. The summed E-state index contributed by atoms with van der Waals surface area (Å²) < 4.78 is 9.47. The maximum atomic E-state index is 9.10. The van der Waals surface area contributed by atoms with Gasteiger partial charge in [-0.3, -0.25) is 0 Å². The molecule has 6 nitrogen and oxygen atoms in total. The molecule has 15 heavy (non-hydrogen) atoms. The Balaban J connectivity index is 0. The van der Waals surface area contributed by atoms with Crippen molar-refractivity contribution in [2.75, 3.05) is 0 Å². The fourth-order valence-corrected chi connectivity index (χ4v) is 1.06. The SMILES string of the molecule is C1CCCCC1.O=C(O)C(=O)O.[NH2][Pt][NH2]. The molecule has 7 heteroatoms. The number of aliphatic carboxylic acids is 2. The monoisotopic (exact) mass is 401 g/mol. The molecule has 0 bridgehead atoms. The minimum atomic E-state index is -1.82. The molecule has 0 unspecified atom stereocenters. The summed E-state index contributed by atoms with van der Waals surface area (Å²) in [5.41, 5.74) is 0. The van der Waals surface area contributed by atoms with Crippen LogP contribution in [0.4, 0.5) is 0 Å². The number of carboxylic acids is 2. The first-order valence-corrected chi connectivity index (χ1v) is 7.09. The van der Waals surface area contributed by atoms with Crippen molar-refractivity contribution in [3.05, 3.63) is 0 Å². The van der Waals surface area contributed by atoms with E-state index in [1.807, 2.05) is 0 Å². The molecule has 1 aliphatic carbocycles. The van der Waals surface area contributed by atoms with Crippen molar-refractivity contribution in [1.29, 1.82) is 0 Å². The van der Waals surface area contributed by atoms with Gasteiger partial charge in [0.1, 0.15) is 0 Å². The molecule has 0 saturated heterocycles. The van der Waals surface area contributed by atoms with E-state index in [9.17, 15) is 0 Å². The Labute approximate surface area is 98.1 Å². The molecule has 0 aromatic carbocycles. The number of nitrogens with two attached hydrogens (primary N) is 2. The third-order valence-corrected chi connectivity index (χ3v) is 1.68. The molecule has 6 N–H and O–H groups in total. The molecule has 0 atom stereocenters. The van der Waals surface area contributed by atoms with Gasteiger partial charge in [0.2, 0.25) is 0 Å². The van der Waals surface area contributed by atoms with Crippen LogP contribution >= 0.6 is 0 Å². The van der Waals surface area contributed by atoms with Crippen LogP contribution in [0.25, 0.3) is 0 Å². The van der Waals surface area contributed by atoms with E-state index in [1.165, 1.54) is 38.5 Å². The van der Waals surface area contributed by atoms with E-state index in [4.69, 9.17) is 28.4 Å². The van der Waals surface area contributed by atoms with Crippen molar-refractivity contribution in [2.45, 2.75) is 38.5 Å². The molecule has 1 saturated carbocycles. The van der Waals surface area contributed by atoms with E-state index >= 15 is 0 Å². The molecule has 1 fully saturated rings. The molecule has 0 aliphatic heterocycles. The summed E-state index contributed by atoms with van der Waals surface area (Å²) in [4.78, 5) is 18.2. The van der Waals surface area contributed by atoms with E-state index in [1.54, 1.807) is 0 Å². The molecule has 1 rings (SSSR count). The van der Waals surface area contributed by atoms with Gasteiger partial charge >= 0.3 is 39.6 Å². The number of rotatable bonds is 0. The standard InChI is InChI=1S/C6H12.C2H2O4.2H2N.Pt/c1-2-4-6-5-3-1;3-1(4)2(5)6;;;/h1-6H2;(H,3,4)(H,5,6);2*1H2;/q;;2*-1;+2. The van der Waals surface area contributed by atoms with Gasteiger partial charge in [0.05, 0.1) is 0 Å². The zero-order chi connectivity index (χ0) is 12.1. The molecule has 1 aliphatic rings. The van der Waals surface area contributed by atoms with Gasteiger partial charge in [-0.2, -0.15) is 0 Å². The summed E-state index contributed by atoms with van der Waals surface area (Å²) in [7, 11) is 0. The summed E-state index contributed by atoms with van der Waals surface area (Å²) in [6, 6.07) is 0. The summed E-state index contributed by atoms with van der Waals surface area (Å²) in [6.45, 7) is 0. The summed E-state index contributed by atoms with van der Waals surface area (Å²) in [5, 5.41) is 14.8. The average Bonchev–Trinajstić information content (AvgIpc) is 2.22. The third-order valence-electron chi connectivity index (χ3n) is 1.68.